The normalized spacial score (nSPS) is 10.2. The minimum atomic E-state index is -0.499. The Morgan fingerprint density at radius 2 is 1.92 bits per heavy atom. The summed E-state index contributed by atoms with van der Waals surface area (Å²) in [6.07, 6.45) is 4.94. The quantitative estimate of drug-likeness (QED) is 0.565. The van der Waals surface area contributed by atoms with Gasteiger partial charge in [-0.05, 0) is 30.7 Å². The number of rotatable bonds is 8. The van der Waals surface area contributed by atoms with Gasteiger partial charge >= 0.3 is 5.97 Å². The minimum Gasteiger partial charge on any atom is -0.465 e. The van der Waals surface area contributed by atoms with E-state index in [-0.39, 0.29) is 5.91 Å². The van der Waals surface area contributed by atoms with Crippen LogP contribution in [0.15, 0.2) is 42.6 Å². The molecule has 2 rings (SSSR count). The first-order valence-electron chi connectivity index (χ1n) is 8.34. The van der Waals surface area contributed by atoms with Gasteiger partial charge in [0.1, 0.15) is 5.82 Å². The van der Waals surface area contributed by atoms with E-state index in [2.05, 4.69) is 22.5 Å². The zero-order valence-corrected chi connectivity index (χ0v) is 14.5. The maximum Gasteiger partial charge on any atom is 0.339 e. The van der Waals surface area contributed by atoms with Crippen molar-refractivity contribution < 1.29 is 14.3 Å². The van der Waals surface area contributed by atoms with Crippen molar-refractivity contribution in [3.05, 3.63) is 53.7 Å². The first-order chi connectivity index (χ1) is 12.2. The molecule has 0 aliphatic heterocycles. The van der Waals surface area contributed by atoms with Crippen LogP contribution in [0.4, 0.5) is 11.5 Å². The number of pyridine rings is 1. The zero-order valence-electron chi connectivity index (χ0n) is 14.5. The Bertz CT molecular complexity index is 714. The predicted molar refractivity (Wildman–Crippen MR) is 98.0 cm³/mol. The molecule has 0 fully saturated rings. The zero-order chi connectivity index (χ0) is 18.1. The van der Waals surface area contributed by atoms with Crippen LogP contribution < -0.4 is 10.6 Å². The van der Waals surface area contributed by atoms with Gasteiger partial charge in [0.05, 0.1) is 23.9 Å². The third-order valence-electron chi connectivity index (χ3n) is 3.69. The topological polar surface area (TPSA) is 80.3 Å². The Labute approximate surface area is 147 Å². The van der Waals surface area contributed by atoms with Gasteiger partial charge < -0.3 is 15.4 Å². The summed E-state index contributed by atoms with van der Waals surface area (Å²) >= 11 is 0. The van der Waals surface area contributed by atoms with E-state index in [4.69, 9.17) is 4.74 Å². The Kier molecular flexibility index (Phi) is 6.95. The molecule has 0 bridgehead atoms. The fourth-order valence-electron chi connectivity index (χ4n) is 2.30. The summed E-state index contributed by atoms with van der Waals surface area (Å²) in [5.74, 6) is -0.0929. The molecule has 0 spiro atoms. The predicted octanol–water partition coefficient (Wildman–Crippen LogP) is 3.72. The van der Waals surface area contributed by atoms with Gasteiger partial charge in [-0.25, -0.2) is 9.78 Å². The van der Waals surface area contributed by atoms with Gasteiger partial charge in [0.15, 0.2) is 0 Å². The van der Waals surface area contributed by atoms with Crippen LogP contribution in [0.1, 0.15) is 46.9 Å². The van der Waals surface area contributed by atoms with Crippen molar-refractivity contribution in [2.45, 2.75) is 26.2 Å². The summed E-state index contributed by atoms with van der Waals surface area (Å²) in [7, 11) is 1.30. The molecule has 132 valence electrons. The van der Waals surface area contributed by atoms with E-state index in [1.807, 2.05) is 0 Å². The number of hydrogen-bond acceptors (Lipinski definition) is 5. The number of aromatic nitrogens is 1. The van der Waals surface area contributed by atoms with Gasteiger partial charge in [-0.3, -0.25) is 4.79 Å². The summed E-state index contributed by atoms with van der Waals surface area (Å²) < 4.78 is 4.72. The van der Waals surface area contributed by atoms with Crippen molar-refractivity contribution >= 4 is 23.4 Å². The number of carbonyl (C=O) groups excluding carboxylic acids is 2. The molecule has 1 aromatic carbocycles. The smallest absolute Gasteiger partial charge is 0.339 e. The Morgan fingerprint density at radius 3 is 2.60 bits per heavy atom. The van der Waals surface area contributed by atoms with Gasteiger partial charge in [0.2, 0.25) is 0 Å². The molecule has 0 radical (unpaired) electrons. The second-order valence-corrected chi connectivity index (χ2v) is 5.56. The molecule has 0 aliphatic rings. The standard InChI is InChI=1S/C19H23N3O3/c1-3-4-7-12-20-17-11-10-14(13-21-17)18(23)22-16-9-6-5-8-15(16)19(24)25-2/h5-6,8-11,13H,3-4,7,12H2,1-2H3,(H,20,21)(H,22,23). The van der Waals surface area contributed by atoms with Crippen LogP contribution in [0.3, 0.4) is 0 Å². The molecule has 0 unspecified atom stereocenters. The molecule has 1 heterocycles. The van der Waals surface area contributed by atoms with Crippen LogP contribution in [0, 0.1) is 0 Å². The van der Waals surface area contributed by atoms with Gasteiger partial charge in [-0.1, -0.05) is 31.9 Å². The van der Waals surface area contributed by atoms with Crippen molar-refractivity contribution in [1.82, 2.24) is 4.98 Å². The summed E-state index contributed by atoms with van der Waals surface area (Å²) in [6.45, 7) is 3.02. The first-order valence-corrected chi connectivity index (χ1v) is 8.34. The van der Waals surface area contributed by atoms with Crippen LogP contribution in [0.5, 0.6) is 0 Å². The SMILES string of the molecule is CCCCCNc1ccc(C(=O)Nc2ccccc2C(=O)OC)cn1. The second kappa shape index (κ2) is 9.42. The number of nitrogens with one attached hydrogen (secondary N) is 2. The Morgan fingerprint density at radius 1 is 1.12 bits per heavy atom. The van der Waals surface area contributed by atoms with Crippen LogP contribution in [0.25, 0.3) is 0 Å². The lowest BCUT2D eigenvalue weighted by Crippen LogP contribution is -2.15. The molecule has 0 aliphatic carbocycles. The minimum absolute atomic E-state index is 0.306. The Balaban J connectivity index is 2.01. The van der Waals surface area contributed by atoms with Gasteiger partial charge in [-0.2, -0.15) is 0 Å². The van der Waals surface area contributed by atoms with E-state index in [1.165, 1.54) is 26.1 Å². The van der Waals surface area contributed by atoms with E-state index in [1.54, 1.807) is 36.4 Å². The average molecular weight is 341 g/mol. The molecule has 25 heavy (non-hydrogen) atoms. The molecule has 1 aromatic heterocycles. The van der Waals surface area contributed by atoms with Crippen molar-refractivity contribution in [1.29, 1.82) is 0 Å². The molecule has 6 heteroatoms. The molecular weight excluding hydrogens is 318 g/mol. The number of unbranched alkanes of at least 4 members (excludes halogenated alkanes) is 2. The summed E-state index contributed by atoms with van der Waals surface area (Å²) in [5, 5.41) is 5.94. The highest BCUT2D eigenvalue weighted by atomic mass is 16.5. The highest BCUT2D eigenvalue weighted by molar-refractivity contribution is 6.07. The van der Waals surface area contributed by atoms with E-state index < -0.39 is 5.97 Å². The number of hydrogen-bond donors (Lipinski definition) is 2. The number of esters is 1. The monoisotopic (exact) mass is 341 g/mol. The number of carbonyl (C=O) groups is 2. The molecule has 0 saturated heterocycles. The van der Waals surface area contributed by atoms with Gasteiger partial charge in [-0.15, -0.1) is 0 Å². The molecule has 2 N–H and O–H groups in total. The fourth-order valence-corrected chi connectivity index (χ4v) is 2.30. The lowest BCUT2D eigenvalue weighted by atomic mass is 10.1. The van der Waals surface area contributed by atoms with Crippen LogP contribution in [-0.2, 0) is 4.74 Å². The third kappa shape index (κ3) is 5.31. The van der Waals surface area contributed by atoms with Crippen molar-refractivity contribution in [3.8, 4) is 0 Å². The first kappa shape index (κ1) is 18.4. The molecule has 1 amide bonds. The van der Waals surface area contributed by atoms with Crippen molar-refractivity contribution in [2.24, 2.45) is 0 Å². The van der Waals surface area contributed by atoms with Crippen LogP contribution in [0.2, 0.25) is 0 Å². The summed E-state index contributed by atoms with van der Waals surface area (Å²) in [4.78, 5) is 28.4. The number of methoxy groups -OCH3 is 1. The highest BCUT2D eigenvalue weighted by Gasteiger charge is 2.14. The lowest BCUT2D eigenvalue weighted by molar-refractivity contribution is 0.0602. The van der Waals surface area contributed by atoms with E-state index in [9.17, 15) is 9.59 Å². The molecule has 0 atom stereocenters. The summed E-state index contributed by atoms with van der Waals surface area (Å²) in [6, 6.07) is 10.2. The maximum absolute atomic E-state index is 12.4. The molecule has 2 aromatic rings. The Hall–Kier alpha value is -2.89. The number of amides is 1. The van der Waals surface area contributed by atoms with Gasteiger partial charge in [0.25, 0.3) is 5.91 Å². The maximum atomic E-state index is 12.4. The average Bonchev–Trinajstić information content (AvgIpc) is 2.65. The van der Waals surface area contributed by atoms with Crippen molar-refractivity contribution in [2.75, 3.05) is 24.3 Å². The van der Waals surface area contributed by atoms with Crippen molar-refractivity contribution in [3.63, 3.8) is 0 Å². The number of benzene rings is 1. The number of para-hydroxylation sites is 1. The van der Waals surface area contributed by atoms with E-state index in [0.717, 1.165) is 18.8 Å². The van der Waals surface area contributed by atoms with Gasteiger partial charge in [0, 0.05) is 12.7 Å². The second-order valence-electron chi connectivity index (χ2n) is 5.56. The number of nitrogens with zero attached hydrogens (tertiary/aromatic N) is 1. The van der Waals surface area contributed by atoms with Crippen LogP contribution >= 0.6 is 0 Å². The van der Waals surface area contributed by atoms with Crippen LogP contribution in [-0.4, -0.2) is 30.5 Å². The summed E-state index contributed by atoms with van der Waals surface area (Å²) in [5.41, 5.74) is 1.13. The number of anilines is 2. The highest BCUT2D eigenvalue weighted by Crippen LogP contribution is 2.17. The number of ether oxygens (including phenoxy) is 1. The third-order valence-corrected chi connectivity index (χ3v) is 3.69. The van der Waals surface area contributed by atoms with E-state index in [0.29, 0.717) is 16.8 Å². The molecular formula is C19H23N3O3. The largest absolute Gasteiger partial charge is 0.465 e. The molecule has 6 nitrogen and oxygen atoms in total. The lowest BCUT2D eigenvalue weighted by Gasteiger charge is -2.10. The molecule has 0 saturated carbocycles. The fraction of sp³-hybridized carbons (Fsp3) is 0.316. The van der Waals surface area contributed by atoms with E-state index >= 15 is 0 Å².